The Labute approximate surface area is 155 Å². The summed E-state index contributed by atoms with van der Waals surface area (Å²) in [6.07, 6.45) is -0.595. The molecule has 3 rings (SSSR count). The number of piperidine rings is 1. The molecular formula is C19H22F2N4O2. The molecule has 27 heavy (non-hydrogen) atoms. The zero-order valence-corrected chi connectivity index (χ0v) is 15.3. The number of hydrogen-bond acceptors (Lipinski definition) is 3. The van der Waals surface area contributed by atoms with Crippen molar-refractivity contribution in [2.75, 3.05) is 13.1 Å². The van der Waals surface area contributed by atoms with E-state index in [0.29, 0.717) is 5.56 Å². The Balaban J connectivity index is 1.79. The molecular weight excluding hydrogens is 354 g/mol. The van der Waals surface area contributed by atoms with Gasteiger partial charge in [0.1, 0.15) is 6.54 Å². The minimum absolute atomic E-state index is 0.00281. The van der Waals surface area contributed by atoms with Gasteiger partial charge in [-0.25, -0.2) is 8.78 Å². The first-order valence-corrected chi connectivity index (χ1v) is 8.78. The van der Waals surface area contributed by atoms with Crippen LogP contribution < -0.4 is 5.73 Å². The zero-order valence-electron chi connectivity index (χ0n) is 15.3. The van der Waals surface area contributed by atoms with E-state index in [-0.39, 0.29) is 38.4 Å². The van der Waals surface area contributed by atoms with Crippen LogP contribution in [0.1, 0.15) is 34.6 Å². The smallest absolute Gasteiger partial charge is 0.253 e. The Bertz CT molecular complexity index is 865. The number of benzene rings is 1. The van der Waals surface area contributed by atoms with Gasteiger partial charge in [0.2, 0.25) is 5.91 Å². The quantitative estimate of drug-likeness (QED) is 0.890. The largest absolute Gasteiger partial charge is 0.368 e. The number of carbonyl (C=O) groups is 2. The average molecular weight is 376 g/mol. The van der Waals surface area contributed by atoms with E-state index in [1.165, 1.54) is 4.90 Å². The number of hydrogen-bond donors (Lipinski definition) is 1. The summed E-state index contributed by atoms with van der Waals surface area (Å²) in [6.45, 7) is 3.82. The van der Waals surface area contributed by atoms with Crippen molar-refractivity contribution >= 4 is 11.8 Å². The van der Waals surface area contributed by atoms with Gasteiger partial charge in [-0.2, -0.15) is 5.10 Å². The molecule has 8 heteroatoms. The summed E-state index contributed by atoms with van der Waals surface area (Å²) in [5.41, 5.74) is 9.02. The maximum atomic E-state index is 13.3. The van der Waals surface area contributed by atoms with E-state index in [1.54, 1.807) is 28.9 Å². The highest BCUT2D eigenvalue weighted by atomic mass is 19.3. The number of aromatic nitrogens is 2. The second-order valence-corrected chi connectivity index (χ2v) is 6.90. The van der Waals surface area contributed by atoms with Gasteiger partial charge in [-0.3, -0.25) is 14.3 Å². The molecule has 6 nitrogen and oxygen atoms in total. The van der Waals surface area contributed by atoms with Crippen LogP contribution in [0.25, 0.3) is 11.1 Å². The third kappa shape index (κ3) is 3.99. The molecule has 1 aliphatic rings. The number of aryl methyl sites for hydroxylation is 1. The second-order valence-electron chi connectivity index (χ2n) is 6.90. The molecule has 0 atom stereocenters. The second kappa shape index (κ2) is 7.09. The number of rotatable bonds is 4. The number of nitrogens with two attached hydrogens (primary N) is 1. The summed E-state index contributed by atoms with van der Waals surface area (Å²) >= 11 is 0. The van der Waals surface area contributed by atoms with E-state index in [4.69, 9.17) is 5.73 Å². The monoisotopic (exact) mass is 376 g/mol. The summed E-state index contributed by atoms with van der Waals surface area (Å²) < 4.78 is 28.1. The van der Waals surface area contributed by atoms with E-state index in [9.17, 15) is 18.4 Å². The molecule has 0 spiro atoms. The van der Waals surface area contributed by atoms with Crippen molar-refractivity contribution in [1.82, 2.24) is 14.7 Å². The highest BCUT2D eigenvalue weighted by molar-refractivity contribution is 5.95. The van der Waals surface area contributed by atoms with Gasteiger partial charge >= 0.3 is 0 Å². The number of amides is 2. The van der Waals surface area contributed by atoms with Crippen LogP contribution in [0.3, 0.4) is 0 Å². The molecule has 1 saturated heterocycles. The Morgan fingerprint density at radius 1 is 1.15 bits per heavy atom. The first kappa shape index (κ1) is 19.0. The van der Waals surface area contributed by atoms with Crippen LogP contribution in [0.15, 0.2) is 24.3 Å². The first-order chi connectivity index (χ1) is 12.7. The number of halogens is 2. The fourth-order valence-electron chi connectivity index (χ4n) is 3.42. The number of alkyl halides is 2. The van der Waals surface area contributed by atoms with Gasteiger partial charge in [0, 0.05) is 42.8 Å². The molecule has 0 saturated carbocycles. The van der Waals surface area contributed by atoms with E-state index >= 15 is 0 Å². The van der Waals surface area contributed by atoms with Gasteiger partial charge in [0.15, 0.2) is 0 Å². The number of likely N-dealkylation sites (tertiary alicyclic amines) is 1. The third-order valence-corrected chi connectivity index (χ3v) is 4.89. The lowest BCUT2D eigenvalue weighted by molar-refractivity contribution is -0.118. The molecule has 0 radical (unpaired) electrons. The van der Waals surface area contributed by atoms with Crippen molar-refractivity contribution in [1.29, 1.82) is 0 Å². The maximum Gasteiger partial charge on any atom is 0.253 e. The van der Waals surface area contributed by atoms with Gasteiger partial charge in [-0.1, -0.05) is 12.1 Å². The van der Waals surface area contributed by atoms with Crippen LogP contribution in [-0.2, 0) is 11.3 Å². The van der Waals surface area contributed by atoms with Gasteiger partial charge in [0.25, 0.3) is 11.8 Å². The molecule has 2 amide bonds. The van der Waals surface area contributed by atoms with Crippen molar-refractivity contribution in [3.8, 4) is 11.1 Å². The lowest BCUT2D eigenvalue weighted by atomic mass is 10.0. The molecule has 1 fully saturated rings. The van der Waals surface area contributed by atoms with Crippen molar-refractivity contribution in [2.45, 2.75) is 39.2 Å². The van der Waals surface area contributed by atoms with Crippen LogP contribution in [0.5, 0.6) is 0 Å². The van der Waals surface area contributed by atoms with E-state index in [0.717, 1.165) is 22.5 Å². The summed E-state index contributed by atoms with van der Waals surface area (Å²) in [7, 11) is 0. The summed E-state index contributed by atoms with van der Waals surface area (Å²) in [5, 5.41) is 4.34. The SMILES string of the molecule is Cc1nn(CC(N)=O)c(C)c1-c1ccc(C(=O)N2CCC(F)(F)CC2)cc1. The average Bonchev–Trinajstić information content (AvgIpc) is 2.87. The first-order valence-electron chi connectivity index (χ1n) is 8.78. The number of nitrogens with zero attached hydrogens (tertiary/aromatic N) is 3. The number of carbonyl (C=O) groups excluding carboxylic acids is 2. The molecule has 1 aromatic carbocycles. The molecule has 144 valence electrons. The lowest BCUT2D eigenvalue weighted by Gasteiger charge is -2.31. The minimum Gasteiger partial charge on any atom is -0.368 e. The van der Waals surface area contributed by atoms with Crippen molar-refractivity contribution in [2.24, 2.45) is 5.73 Å². The summed E-state index contributed by atoms with van der Waals surface area (Å²) in [5.74, 6) is -3.39. The van der Waals surface area contributed by atoms with Crippen LogP contribution in [0.2, 0.25) is 0 Å². The molecule has 0 aliphatic carbocycles. The summed E-state index contributed by atoms with van der Waals surface area (Å²) in [6, 6.07) is 6.98. The lowest BCUT2D eigenvalue weighted by Crippen LogP contribution is -2.42. The fourth-order valence-corrected chi connectivity index (χ4v) is 3.42. The fraction of sp³-hybridized carbons (Fsp3) is 0.421. The van der Waals surface area contributed by atoms with E-state index in [1.807, 2.05) is 13.8 Å². The normalized spacial score (nSPS) is 16.4. The van der Waals surface area contributed by atoms with Gasteiger partial charge < -0.3 is 10.6 Å². The van der Waals surface area contributed by atoms with Gasteiger partial charge in [-0.15, -0.1) is 0 Å². The van der Waals surface area contributed by atoms with Crippen LogP contribution in [-0.4, -0.2) is 45.5 Å². The minimum atomic E-state index is -2.68. The predicted octanol–water partition coefficient (Wildman–Crippen LogP) is 2.52. The third-order valence-electron chi connectivity index (χ3n) is 4.89. The molecule has 2 N–H and O–H groups in total. The Kier molecular flexibility index (Phi) is 4.99. The zero-order chi connectivity index (χ0) is 19.8. The maximum absolute atomic E-state index is 13.3. The molecule has 0 unspecified atom stereocenters. The highest BCUT2D eigenvalue weighted by Crippen LogP contribution is 2.30. The molecule has 2 aromatic rings. The molecule has 1 aromatic heterocycles. The molecule has 0 bridgehead atoms. The van der Waals surface area contributed by atoms with Crippen molar-refractivity contribution < 1.29 is 18.4 Å². The van der Waals surface area contributed by atoms with Crippen LogP contribution >= 0.6 is 0 Å². The number of primary amides is 1. The van der Waals surface area contributed by atoms with Crippen molar-refractivity contribution in [3.05, 3.63) is 41.2 Å². The Morgan fingerprint density at radius 2 is 1.74 bits per heavy atom. The van der Waals surface area contributed by atoms with Gasteiger partial charge in [0.05, 0.1) is 5.69 Å². The topological polar surface area (TPSA) is 81.2 Å². The van der Waals surface area contributed by atoms with E-state index in [2.05, 4.69) is 5.10 Å². The van der Waals surface area contributed by atoms with Crippen LogP contribution in [0, 0.1) is 13.8 Å². The van der Waals surface area contributed by atoms with Gasteiger partial charge in [-0.05, 0) is 31.5 Å². The highest BCUT2D eigenvalue weighted by Gasteiger charge is 2.35. The Hall–Kier alpha value is -2.77. The standard InChI is InChI=1S/C19H22F2N4O2/c1-12-17(13(2)25(23-12)11-16(22)26)14-3-5-15(6-4-14)18(27)24-9-7-19(20,21)8-10-24/h3-6H,7-11H2,1-2H3,(H2,22,26). The molecule has 1 aliphatic heterocycles. The van der Waals surface area contributed by atoms with Crippen LogP contribution in [0.4, 0.5) is 8.78 Å². The van der Waals surface area contributed by atoms with E-state index < -0.39 is 11.8 Å². The molecule has 2 heterocycles. The Morgan fingerprint density at radius 3 is 2.30 bits per heavy atom. The summed E-state index contributed by atoms with van der Waals surface area (Å²) in [4.78, 5) is 25.2. The predicted molar refractivity (Wildman–Crippen MR) is 96.4 cm³/mol. The van der Waals surface area contributed by atoms with Crippen molar-refractivity contribution in [3.63, 3.8) is 0 Å².